The van der Waals surface area contributed by atoms with Crippen molar-refractivity contribution in [2.45, 2.75) is 46.7 Å². The molecule has 0 heterocycles. The fraction of sp³-hybridized carbons (Fsp3) is 0.333. The van der Waals surface area contributed by atoms with Crippen molar-refractivity contribution in [2.75, 3.05) is 20.3 Å². The molecule has 0 bridgehead atoms. The molecule has 36 heavy (non-hydrogen) atoms. The molecule has 3 aromatic rings. The first-order chi connectivity index (χ1) is 17.4. The SMILES string of the molecule is CCOC(=O)C(C)c1ccc(OC)c(-c2ccc(C)cc2CN(CC)C(=O)NCc2ccccc2)c1. The molecule has 0 aliphatic carbocycles. The van der Waals surface area contributed by atoms with Crippen LogP contribution >= 0.6 is 0 Å². The molecule has 0 spiro atoms. The number of nitrogens with one attached hydrogen (secondary N) is 1. The van der Waals surface area contributed by atoms with Gasteiger partial charge in [0.2, 0.25) is 0 Å². The van der Waals surface area contributed by atoms with Crippen LogP contribution in [0.15, 0.2) is 66.7 Å². The molecule has 3 aromatic carbocycles. The number of aryl methyl sites for hydroxylation is 1. The number of hydrogen-bond acceptors (Lipinski definition) is 4. The molecule has 0 saturated carbocycles. The first-order valence-electron chi connectivity index (χ1n) is 12.4. The van der Waals surface area contributed by atoms with E-state index in [2.05, 4.69) is 17.4 Å². The van der Waals surface area contributed by atoms with Gasteiger partial charge in [-0.25, -0.2) is 4.79 Å². The average molecular weight is 489 g/mol. The summed E-state index contributed by atoms with van der Waals surface area (Å²) in [5, 5.41) is 3.03. The first kappa shape index (κ1) is 26.8. The minimum absolute atomic E-state index is 0.120. The Kier molecular flexibility index (Phi) is 9.51. The Morgan fingerprint density at radius 2 is 1.72 bits per heavy atom. The topological polar surface area (TPSA) is 67.9 Å². The fourth-order valence-electron chi connectivity index (χ4n) is 4.14. The molecule has 6 heteroatoms. The van der Waals surface area contributed by atoms with Crippen molar-refractivity contribution in [1.82, 2.24) is 10.2 Å². The van der Waals surface area contributed by atoms with E-state index in [1.165, 1.54) is 0 Å². The maximum Gasteiger partial charge on any atom is 0.317 e. The van der Waals surface area contributed by atoms with Gasteiger partial charge in [-0.2, -0.15) is 0 Å². The molecule has 190 valence electrons. The van der Waals surface area contributed by atoms with Crippen molar-refractivity contribution in [3.63, 3.8) is 0 Å². The van der Waals surface area contributed by atoms with Gasteiger partial charge in [0.1, 0.15) is 5.75 Å². The van der Waals surface area contributed by atoms with Crippen molar-refractivity contribution in [1.29, 1.82) is 0 Å². The summed E-state index contributed by atoms with van der Waals surface area (Å²) in [6, 6.07) is 21.7. The van der Waals surface area contributed by atoms with Crippen molar-refractivity contribution >= 4 is 12.0 Å². The van der Waals surface area contributed by atoms with E-state index in [0.29, 0.717) is 32.0 Å². The van der Waals surface area contributed by atoms with Gasteiger partial charge in [0, 0.05) is 25.2 Å². The van der Waals surface area contributed by atoms with E-state index in [4.69, 9.17) is 9.47 Å². The lowest BCUT2D eigenvalue weighted by Crippen LogP contribution is -2.39. The smallest absolute Gasteiger partial charge is 0.317 e. The summed E-state index contributed by atoms with van der Waals surface area (Å²) in [6.45, 7) is 9.47. The second-order valence-electron chi connectivity index (χ2n) is 8.75. The lowest BCUT2D eigenvalue weighted by Gasteiger charge is -2.24. The molecule has 0 fully saturated rings. The van der Waals surface area contributed by atoms with Crippen LogP contribution in [0.5, 0.6) is 5.75 Å². The summed E-state index contributed by atoms with van der Waals surface area (Å²) in [4.78, 5) is 27.2. The molecule has 6 nitrogen and oxygen atoms in total. The third-order valence-electron chi connectivity index (χ3n) is 6.23. The van der Waals surface area contributed by atoms with Crippen molar-refractivity contribution in [2.24, 2.45) is 0 Å². The predicted octanol–water partition coefficient (Wildman–Crippen LogP) is 6.07. The van der Waals surface area contributed by atoms with Gasteiger partial charge >= 0.3 is 12.0 Å². The standard InChI is InChI=1S/C30H36N2O4/c1-6-32(30(34)31-19-23-11-9-8-10-12-23)20-25-17-21(3)13-15-26(25)27-18-24(14-16-28(27)35-5)22(4)29(33)36-7-2/h8-18,22H,6-7,19-20H2,1-5H3,(H,31,34). The Labute approximate surface area is 214 Å². The summed E-state index contributed by atoms with van der Waals surface area (Å²) in [5.41, 5.74) is 5.85. The van der Waals surface area contributed by atoms with Crippen LogP contribution < -0.4 is 10.1 Å². The van der Waals surface area contributed by atoms with Crippen LogP contribution in [0, 0.1) is 6.92 Å². The van der Waals surface area contributed by atoms with E-state index in [0.717, 1.165) is 33.4 Å². The first-order valence-corrected chi connectivity index (χ1v) is 12.4. The van der Waals surface area contributed by atoms with Gasteiger partial charge in [0.05, 0.1) is 19.6 Å². The number of urea groups is 1. The zero-order valence-corrected chi connectivity index (χ0v) is 21.8. The van der Waals surface area contributed by atoms with Gasteiger partial charge in [-0.05, 0) is 62.1 Å². The normalized spacial score (nSPS) is 11.5. The van der Waals surface area contributed by atoms with E-state index in [1.807, 2.05) is 75.4 Å². The van der Waals surface area contributed by atoms with Crippen LogP contribution in [0.3, 0.4) is 0 Å². The number of benzene rings is 3. The highest BCUT2D eigenvalue weighted by Crippen LogP contribution is 2.36. The Hall–Kier alpha value is -3.80. The molecule has 0 radical (unpaired) electrons. The van der Waals surface area contributed by atoms with Crippen molar-refractivity contribution in [3.8, 4) is 16.9 Å². The molecule has 0 saturated heterocycles. The van der Waals surface area contributed by atoms with Crippen LogP contribution in [-0.2, 0) is 22.6 Å². The average Bonchev–Trinajstić information content (AvgIpc) is 2.90. The lowest BCUT2D eigenvalue weighted by molar-refractivity contribution is -0.144. The molecular formula is C30H36N2O4. The quantitative estimate of drug-likeness (QED) is 0.352. The molecular weight excluding hydrogens is 452 g/mol. The van der Waals surface area contributed by atoms with E-state index in [-0.39, 0.29) is 12.0 Å². The van der Waals surface area contributed by atoms with Crippen LogP contribution in [0.4, 0.5) is 4.79 Å². The molecule has 1 atom stereocenters. The summed E-state index contributed by atoms with van der Waals surface area (Å²) < 4.78 is 10.9. The monoisotopic (exact) mass is 488 g/mol. The molecule has 3 rings (SSSR count). The molecule has 0 aliphatic rings. The van der Waals surface area contributed by atoms with Gasteiger partial charge in [-0.3, -0.25) is 4.79 Å². The van der Waals surface area contributed by atoms with Crippen molar-refractivity contribution < 1.29 is 19.1 Å². The zero-order chi connectivity index (χ0) is 26.1. The largest absolute Gasteiger partial charge is 0.496 e. The molecule has 1 unspecified atom stereocenters. The number of nitrogens with zero attached hydrogens (tertiary/aromatic N) is 1. The lowest BCUT2D eigenvalue weighted by atomic mass is 9.92. The molecule has 0 aromatic heterocycles. The van der Waals surface area contributed by atoms with Crippen LogP contribution in [0.25, 0.3) is 11.1 Å². The second kappa shape index (κ2) is 12.8. The number of carbonyl (C=O) groups excluding carboxylic acids is 2. The summed E-state index contributed by atoms with van der Waals surface area (Å²) in [6.07, 6.45) is 0. The number of carbonyl (C=O) groups is 2. The second-order valence-corrected chi connectivity index (χ2v) is 8.75. The zero-order valence-electron chi connectivity index (χ0n) is 21.8. The highest BCUT2D eigenvalue weighted by atomic mass is 16.5. The predicted molar refractivity (Wildman–Crippen MR) is 143 cm³/mol. The number of esters is 1. The fourth-order valence-corrected chi connectivity index (χ4v) is 4.14. The third kappa shape index (κ3) is 6.66. The Bertz CT molecular complexity index is 1180. The van der Waals surface area contributed by atoms with Gasteiger partial charge in [0.15, 0.2) is 0 Å². The molecule has 2 amide bonds. The minimum atomic E-state index is -0.403. The van der Waals surface area contributed by atoms with E-state index >= 15 is 0 Å². The van der Waals surface area contributed by atoms with Crippen LogP contribution in [0.1, 0.15) is 48.9 Å². The van der Waals surface area contributed by atoms with Crippen molar-refractivity contribution in [3.05, 3.63) is 89.0 Å². The Morgan fingerprint density at radius 1 is 0.972 bits per heavy atom. The number of ether oxygens (including phenoxy) is 2. The van der Waals surface area contributed by atoms with Gasteiger partial charge in [0.25, 0.3) is 0 Å². The summed E-state index contributed by atoms with van der Waals surface area (Å²) in [7, 11) is 1.64. The third-order valence-corrected chi connectivity index (χ3v) is 6.23. The van der Waals surface area contributed by atoms with Crippen LogP contribution in [0.2, 0.25) is 0 Å². The maximum atomic E-state index is 13.0. The van der Waals surface area contributed by atoms with Crippen LogP contribution in [-0.4, -0.2) is 37.2 Å². The van der Waals surface area contributed by atoms with E-state index in [1.54, 1.807) is 18.9 Å². The summed E-state index contributed by atoms with van der Waals surface area (Å²) >= 11 is 0. The highest BCUT2D eigenvalue weighted by Gasteiger charge is 2.21. The van der Waals surface area contributed by atoms with Gasteiger partial charge in [-0.15, -0.1) is 0 Å². The number of hydrogen-bond donors (Lipinski definition) is 1. The molecule has 1 N–H and O–H groups in total. The summed E-state index contributed by atoms with van der Waals surface area (Å²) in [5.74, 6) is 0.0425. The minimum Gasteiger partial charge on any atom is -0.496 e. The number of methoxy groups -OCH3 is 1. The molecule has 0 aliphatic heterocycles. The number of rotatable bonds is 10. The Balaban J connectivity index is 1.91. The number of amides is 2. The Morgan fingerprint density at radius 3 is 2.39 bits per heavy atom. The van der Waals surface area contributed by atoms with E-state index < -0.39 is 5.92 Å². The maximum absolute atomic E-state index is 13.0. The highest BCUT2D eigenvalue weighted by molar-refractivity contribution is 5.81. The van der Waals surface area contributed by atoms with E-state index in [9.17, 15) is 9.59 Å². The van der Waals surface area contributed by atoms with Gasteiger partial charge in [-0.1, -0.05) is 60.2 Å². The van der Waals surface area contributed by atoms with Gasteiger partial charge < -0.3 is 19.7 Å².